The van der Waals surface area contributed by atoms with Gasteiger partial charge in [-0.3, -0.25) is 14.9 Å². The maximum Gasteiger partial charge on any atom is 0.270 e. The zero-order chi connectivity index (χ0) is 15.2. The summed E-state index contributed by atoms with van der Waals surface area (Å²) in [5.74, 6) is 0.280. The summed E-state index contributed by atoms with van der Waals surface area (Å²) in [6.07, 6.45) is 4.45. The highest BCUT2D eigenvalue weighted by Gasteiger charge is 2.05. The zero-order valence-electron chi connectivity index (χ0n) is 11.4. The number of aromatic nitrogens is 2. The number of rotatable bonds is 5. The predicted octanol–water partition coefficient (Wildman–Crippen LogP) is 2.46. The Labute approximate surface area is 121 Å². The van der Waals surface area contributed by atoms with Gasteiger partial charge in [-0.2, -0.15) is 5.10 Å². The summed E-state index contributed by atoms with van der Waals surface area (Å²) in [7, 11) is 0. The molecule has 0 spiro atoms. The van der Waals surface area contributed by atoms with E-state index in [4.69, 9.17) is 0 Å². The van der Waals surface area contributed by atoms with Crippen LogP contribution in [0, 0.1) is 10.1 Å². The van der Waals surface area contributed by atoms with Crippen molar-refractivity contribution in [2.24, 2.45) is 0 Å². The molecule has 2 aromatic rings. The highest BCUT2D eigenvalue weighted by Crippen LogP contribution is 2.14. The molecule has 1 N–H and O–H groups in total. The highest BCUT2D eigenvalue weighted by molar-refractivity contribution is 6.01. The summed E-state index contributed by atoms with van der Waals surface area (Å²) in [4.78, 5) is 22.0. The van der Waals surface area contributed by atoms with Crippen LogP contribution in [0.2, 0.25) is 0 Å². The van der Waals surface area contributed by atoms with Crippen molar-refractivity contribution in [2.75, 3.05) is 5.32 Å². The molecule has 7 heteroatoms. The Balaban J connectivity index is 2.05. The van der Waals surface area contributed by atoms with E-state index in [1.807, 2.05) is 6.92 Å². The van der Waals surface area contributed by atoms with Crippen LogP contribution in [0.1, 0.15) is 12.5 Å². The average molecular weight is 286 g/mol. The molecular weight excluding hydrogens is 272 g/mol. The molecule has 1 amide bonds. The summed E-state index contributed by atoms with van der Waals surface area (Å²) in [6.45, 7) is 2.57. The summed E-state index contributed by atoms with van der Waals surface area (Å²) < 4.78 is 1.65. The summed E-state index contributed by atoms with van der Waals surface area (Å²) >= 11 is 0. The number of nitro benzene ring substituents is 1. The lowest BCUT2D eigenvalue weighted by Gasteiger charge is -2.04. The maximum absolute atomic E-state index is 11.8. The topological polar surface area (TPSA) is 90.1 Å². The Morgan fingerprint density at radius 3 is 3.00 bits per heavy atom. The van der Waals surface area contributed by atoms with Gasteiger partial charge in [-0.1, -0.05) is 12.1 Å². The van der Waals surface area contributed by atoms with Gasteiger partial charge in [-0.05, 0) is 18.6 Å². The molecule has 1 aromatic carbocycles. The summed E-state index contributed by atoms with van der Waals surface area (Å²) in [6, 6.07) is 7.76. The number of carbonyl (C=O) groups excluding carboxylic acids is 1. The van der Waals surface area contributed by atoms with E-state index in [1.165, 1.54) is 24.3 Å². The molecule has 0 aliphatic carbocycles. The van der Waals surface area contributed by atoms with Gasteiger partial charge in [0.15, 0.2) is 0 Å². The summed E-state index contributed by atoms with van der Waals surface area (Å²) in [5, 5.41) is 17.4. The molecule has 2 rings (SSSR count). The molecular formula is C14H14N4O3. The molecule has 21 heavy (non-hydrogen) atoms. The van der Waals surface area contributed by atoms with Crippen molar-refractivity contribution in [1.82, 2.24) is 9.78 Å². The largest absolute Gasteiger partial charge is 0.307 e. The van der Waals surface area contributed by atoms with E-state index in [0.29, 0.717) is 17.9 Å². The molecule has 0 saturated heterocycles. The van der Waals surface area contributed by atoms with Gasteiger partial charge in [0.25, 0.3) is 5.69 Å². The fourth-order valence-corrected chi connectivity index (χ4v) is 1.77. The van der Waals surface area contributed by atoms with Gasteiger partial charge >= 0.3 is 0 Å². The number of carbonyl (C=O) groups is 1. The minimum Gasteiger partial charge on any atom is -0.307 e. The van der Waals surface area contributed by atoms with E-state index in [9.17, 15) is 14.9 Å². The molecule has 0 atom stereocenters. The van der Waals surface area contributed by atoms with Crippen LogP contribution in [0.4, 0.5) is 11.5 Å². The first-order valence-corrected chi connectivity index (χ1v) is 6.35. The quantitative estimate of drug-likeness (QED) is 0.519. The van der Waals surface area contributed by atoms with Gasteiger partial charge < -0.3 is 5.32 Å². The van der Waals surface area contributed by atoms with E-state index in [1.54, 1.807) is 29.1 Å². The third-order valence-corrected chi connectivity index (χ3v) is 2.78. The number of non-ortho nitro benzene ring substituents is 1. The Bertz CT molecular complexity index is 691. The van der Waals surface area contributed by atoms with E-state index >= 15 is 0 Å². The summed E-state index contributed by atoms with van der Waals surface area (Å²) in [5.41, 5.74) is 0.574. The van der Waals surface area contributed by atoms with E-state index in [-0.39, 0.29) is 11.6 Å². The van der Waals surface area contributed by atoms with Crippen LogP contribution in [0.3, 0.4) is 0 Å². The molecule has 1 aromatic heterocycles. The Morgan fingerprint density at radius 2 is 2.29 bits per heavy atom. The van der Waals surface area contributed by atoms with Gasteiger partial charge in [0, 0.05) is 30.8 Å². The molecule has 0 aliphatic heterocycles. The number of nitrogens with zero attached hydrogens (tertiary/aromatic N) is 3. The third kappa shape index (κ3) is 3.75. The normalized spacial score (nSPS) is 10.7. The number of hydrogen-bond acceptors (Lipinski definition) is 4. The van der Waals surface area contributed by atoms with Crippen LogP contribution in [-0.4, -0.2) is 20.6 Å². The van der Waals surface area contributed by atoms with Crippen molar-refractivity contribution in [3.05, 3.63) is 58.3 Å². The van der Waals surface area contributed by atoms with Gasteiger partial charge in [0.05, 0.1) is 11.1 Å². The first kappa shape index (κ1) is 14.4. The van der Waals surface area contributed by atoms with E-state index in [0.717, 1.165) is 0 Å². The van der Waals surface area contributed by atoms with Crippen LogP contribution < -0.4 is 5.32 Å². The first-order chi connectivity index (χ1) is 10.1. The molecule has 108 valence electrons. The number of hydrogen-bond donors (Lipinski definition) is 1. The second-order valence-electron chi connectivity index (χ2n) is 4.21. The van der Waals surface area contributed by atoms with Crippen molar-refractivity contribution in [3.8, 4) is 0 Å². The highest BCUT2D eigenvalue weighted by atomic mass is 16.6. The Morgan fingerprint density at radius 1 is 1.48 bits per heavy atom. The number of benzene rings is 1. The third-order valence-electron chi connectivity index (χ3n) is 2.78. The number of aryl methyl sites for hydroxylation is 1. The predicted molar refractivity (Wildman–Crippen MR) is 78.7 cm³/mol. The first-order valence-electron chi connectivity index (χ1n) is 6.35. The monoisotopic (exact) mass is 286 g/mol. The van der Waals surface area contributed by atoms with Gasteiger partial charge in [-0.15, -0.1) is 0 Å². The van der Waals surface area contributed by atoms with Crippen LogP contribution >= 0.6 is 0 Å². The number of nitrogens with one attached hydrogen (secondary N) is 1. The average Bonchev–Trinajstić information content (AvgIpc) is 2.92. The van der Waals surface area contributed by atoms with Crippen molar-refractivity contribution in [2.45, 2.75) is 13.5 Å². The van der Waals surface area contributed by atoms with Crippen molar-refractivity contribution >= 4 is 23.5 Å². The van der Waals surface area contributed by atoms with Crippen LogP contribution in [0.15, 0.2) is 42.6 Å². The minimum absolute atomic E-state index is 0.0124. The second kappa shape index (κ2) is 6.47. The minimum atomic E-state index is -0.475. The fourth-order valence-electron chi connectivity index (χ4n) is 1.77. The van der Waals surface area contributed by atoms with Gasteiger partial charge in [0.1, 0.15) is 5.82 Å². The number of anilines is 1. The maximum atomic E-state index is 11.8. The lowest BCUT2D eigenvalue weighted by Crippen LogP contribution is -2.12. The Hall–Kier alpha value is -2.96. The zero-order valence-corrected chi connectivity index (χ0v) is 11.4. The lowest BCUT2D eigenvalue weighted by atomic mass is 10.2. The van der Waals surface area contributed by atoms with Crippen LogP contribution in [-0.2, 0) is 11.3 Å². The van der Waals surface area contributed by atoms with Crippen LogP contribution in [0.25, 0.3) is 6.08 Å². The van der Waals surface area contributed by atoms with Crippen LogP contribution in [0.5, 0.6) is 0 Å². The van der Waals surface area contributed by atoms with Crippen molar-refractivity contribution in [3.63, 3.8) is 0 Å². The van der Waals surface area contributed by atoms with Crippen molar-refractivity contribution < 1.29 is 9.72 Å². The fraction of sp³-hybridized carbons (Fsp3) is 0.143. The molecule has 0 bridgehead atoms. The van der Waals surface area contributed by atoms with Gasteiger partial charge in [-0.25, -0.2) is 4.68 Å². The van der Waals surface area contributed by atoms with Crippen molar-refractivity contribution in [1.29, 1.82) is 0 Å². The van der Waals surface area contributed by atoms with E-state index in [2.05, 4.69) is 10.4 Å². The molecule has 7 nitrogen and oxygen atoms in total. The van der Waals surface area contributed by atoms with Gasteiger partial charge in [0.2, 0.25) is 5.91 Å². The molecule has 0 unspecified atom stereocenters. The Kier molecular flexibility index (Phi) is 4.45. The van der Waals surface area contributed by atoms with E-state index < -0.39 is 4.92 Å². The standard InChI is InChI=1S/C14H14N4O3/c1-2-17-13(8-9-15-17)16-14(19)7-6-11-4-3-5-12(10-11)18(20)21/h3-10H,2H2,1H3,(H,16,19). The molecule has 0 radical (unpaired) electrons. The molecule has 0 fully saturated rings. The molecule has 0 saturated carbocycles. The number of amides is 1. The second-order valence-corrected chi connectivity index (χ2v) is 4.21. The lowest BCUT2D eigenvalue weighted by molar-refractivity contribution is -0.384. The smallest absolute Gasteiger partial charge is 0.270 e. The molecule has 0 aliphatic rings. The SMILES string of the molecule is CCn1nccc1NC(=O)C=Cc1cccc([N+](=O)[O-])c1. The molecule has 1 heterocycles. The number of nitro groups is 1.